The number of nitrogens with zero attached hydrogens (tertiary/aromatic N) is 1. The van der Waals surface area contributed by atoms with Gasteiger partial charge in [0.2, 0.25) is 5.91 Å². The molecular formula is C18H23N3O2. The van der Waals surface area contributed by atoms with Crippen LogP contribution in [-0.2, 0) is 4.79 Å². The lowest BCUT2D eigenvalue weighted by molar-refractivity contribution is -0.117. The smallest absolute Gasteiger partial charge is 0.246 e. The first-order chi connectivity index (χ1) is 11.1. The molecule has 2 rings (SSSR count). The van der Waals surface area contributed by atoms with E-state index in [2.05, 4.69) is 5.32 Å². The fraction of sp³-hybridized carbons (Fsp3) is 0.278. The fourth-order valence-electron chi connectivity index (χ4n) is 2.49. The Hall–Kier alpha value is -2.69. The van der Waals surface area contributed by atoms with E-state index in [4.69, 9.17) is 10.5 Å². The van der Waals surface area contributed by atoms with Gasteiger partial charge in [0.1, 0.15) is 11.8 Å². The number of carbonyl (C=O) groups excluding carboxylic acids is 1. The summed E-state index contributed by atoms with van der Waals surface area (Å²) in [5.41, 5.74) is 7.96. The van der Waals surface area contributed by atoms with Crippen molar-refractivity contribution < 1.29 is 9.53 Å². The maximum absolute atomic E-state index is 12.6. The summed E-state index contributed by atoms with van der Waals surface area (Å²) in [5.74, 6) is 0.451. The Bertz CT molecular complexity index is 659. The molecule has 0 fully saturated rings. The Balaban J connectivity index is 2.16. The number of ether oxygens (including phenoxy) is 1. The van der Waals surface area contributed by atoms with Crippen molar-refractivity contribution in [3.05, 3.63) is 48.5 Å². The molecule has 0 aromatic heterocycles. The van der Waals surface area contributed by atoms with Crippen LogP contribution >= 0.6 is 0 Å². The fourth-order valence-corrected chi connectivity index (χ4v) is 2.49. The Morgan fingerprint density at radius 1 is 1.26 bits per heavy atom. The largest absolute Gasteiger partial charge is 0.494 e. The van der Waals surface area contributed by atoms with Gasteiger partial charge in [0.05, 0.1) is 12.8 Å². The summed E-state index contributed by atoms with van der Waals surface area (Å²) in [6.07, 6.45) is 0. The van der Waals surface area contributed by atoms with Crippen LogP contribution < -0.4 is 20.7 Å². The predicted molar refractivity (Wildman–Crippen MR) is 95.0 cm³/mol. The number of benzene rings is 2. The number of likely N-dealkylation sites (N-methyl/N-ethyl adjacent to an activating group) is 1. The van der Waals surface area contributed by atoms with E-state index >= 15 is 0 Å². The molecule has 5 nitrogen and oxygen atoms in total. The van der Waals surface area contributed by atoms with Gasteiger partial charge in [-0.25, -0.2) is 0 Å². The molecule has 5 heteroatoms. The van der Waals surface area contributed by atoms with Gasteiger partial charge in [-0.2, -0.15) is 0 Å². The van der Waals surface area contributed by atoms with Crippen LogP contribution in [-0.4, -0.2) is 25.6 Å². The van der Waals surface area contributed by atoms with Crippen molar-refractivity contribution in [1.82, 2.24) is 0 Å². The van der Waals surface area contributed by atoms with Crippen LogP contribution in [0.2, 0.25) is 0 Å². The normalized spacial score (nSPS) is 11.6. The van der Waals surface area contributed by atoms with E-state index in [-0.39, 0.29) is 11.9 Å². The van der Waals surface area contributed by atoms with Gasteiger partial charge in [-0.1, -0.05) is 18.2 Å². The lowest BCUT2D eigenvalue weighted by Crippen LogP contribution is -2.42. The number of hydrogen-bond donors (Lipinski definition) is 2. The van der Waals surface area contributed by atoms with Crippen LogP contribution in [0.3, 0.4) is 0 Å². The van der Waals surface area contributed by atoms with E-state index < -0.39 is 0 Å². The molecule has 2 aromatic rings. The minimum absolute atomic E-state index is 0.0984. The highest BCUT2D eigenvalue weighted by atomic mass is 16.5. The third kappa shape index (κ3) is 3.94. The molecule has 0 saturated heterocycles. The number of nitrogens with two attached hydrogens (primary N) is 1. The number of nitrogen functional groups attached to an aromatic ring is 1. The van der Waals surface area contributed by atoms with Crippen molar-refractivity contribution in [2.24, 2.45) is 0 Å². The number of rotatable bonds is 6. The van der Waals surface area contributed by atoms with Crippen LogP contribution in [0.15, 0.2) is 48.5 Å². The quantitative estimate of drug-likeness (QED) is 0.804. The Morgan fingerprint density at radius 2 is 1.96 bits per heavy atom. The minimum atomic E-state index is -0.315. The molecular weight excluding hydrogens is 290 g/mol. The number of anilines is 3. The van der Waals surface area contributed by atoms with Gasteiger partial charge in [-0.05, 0) is 38.1 Å². The Labute approximate surface area is 137 Å². The lowest BCUT2D eigenvalue weighted by Gasteiger charge is -2.29. The van der Waals surface area contributed by atoms with Crippen molar-refractivity contribution in [2.75, 3.05) is 29.6 Å². The van der Waals surface area contributed by atoms with Crippen molar-refractivity contribution >= 4 is 23.0 Å². The molecule has 0 bridgehead atoms. The molecule has 1 amide bonds. The zero-order valence-electron chi connectivity index (χ0n) is 13.7. The summed E-state index contributed by atoms with van der Waals surface area (Å²) in [6.45, 7) is 4.65. The molecule has 0 aliphatic heterocycles. The SMILES string of the molecule is CCN(c1ccccc1)C(C)C(=O)Nc1ccc(N)cc1OC. The summed E-state index contributed by atoms with van der Waals surface area (Å²) in [5, 5.41) is 2.91. The molecule has 0 aliphatic rings. The highest BCUT2D eigenvalue weighted by Crippen LogP contribution is 2.27. The Kier molecular flexibility index (Phi) is 5.46. The summed E-state index contributed by atoms with van der Waals surface area (Å²) in [6, 6.07) is 14.7. The molecule has 122 valence electrons. The van der Waals surface area contributed by atoms with Crippen LogP contribution in [0, 0.1) is 0 Å². The molecule has 0 radical (unpaired) electrons. The number of nitrogens with one attached hydrogen (secondary N) is 1. The summed E-state index contributed by atoms with van der Waals surface area (Å²) in [4.78, 5) is 14.6. The lowest BCUT2D eigenvalue weighted by atomic mass is 10.2. The maximum atomic E-state index is 12.6. The first-order valence-electron chi connectivity index (χ1n) is 7.63. The maximum Gasteiger partial charge on any atom is 0.246 e. The molecule has 3 N–H and O–H groups in total. The number of carbonyl (C=O) groups is 1. The zero-order chi connectivity index (χ0) is 16.8. The third-order valence-electron chi connectivity index (χ3n) is 3.76. The van der Waals surface area contributed by atoms with Crippen molar-refractivity contribution in [3.63, 3.8) is 0 Å². The molecule has 2 aromatic carbocycles. The molecule has 0 saturated carbocycles. The van der Waals surface area contributed by atoms with E-state index in [0.717, 1.165) is 12.2 Å². The molecule has 23 heavy (non-hydrogen) atoms. The Morgan fingerprint density at radius 3 is 2.57 bits per heavy atom. The van der Waals surface area contributed by atoms with Gasteiger partial charge in [-0.15, -0.1) is 0 Å². The average Bonchev–Trinajstić information content (AvgIpc) is 2.57. The standard InChI is InChI=1S/C18H23N3O2/c1-4-21(15-8-6-5-7-9-15)13(2)18(22)20-16-11-10-14(19)12-17(16)23-3/h5-13H,4,19H2,1-3H3,(H,20,22). The topological polar surface area (TPSA) is 67.6 Å². The van der Waals surface area contributed by atoms with Gasteiger partial charge < -0.3 is 20.7 Å². The second-order valence-corrected chi connectivity index (χ2v) is 5.25. The summed E-state index contributed by atoms with van der Waals surface area (Å²) >= 11 is 0. The number of amides is 1. The van der Waals surface area contributed by atoms with Gasteiger partial charge >= 0.3 is 0 Å². The van der Waals surface area contributed by atoms with Crippen LogP contribution in [0.1, 0.15) is 13.8 Å². The van der Waals surface area contributed by atoms with Crippen molar-refractivity contribution in [1.29, 1.82) is 0 Å². The predicted octanol–water partition coefficient (Wildman–Crippen LogP) is 3.13. The second kappa shape index (κ2) is 7.54. The first-order valence-corrected chi connectivity index (χ1v) is 7.63. The second-order valence-electron chi connectivity index (χ2n) is 5.25. The first kappa shape index (κ1) is 16.7. The number of para-hydroxylation sites is 1. The van der Waals surface area contributed by atoms with E-state index in [0.29, 0.717) is 17.1 Å². The number of hydrogen-bond acceptors (Lipinski definition) is 4. The van der Waals surface area contributed by atoms with E-state index in [9.17, 15) is 4.79 Å². The molecule has 1 atom stereocenters. The van der Waals surface area contributed by atoms with Crippen LogP contribution in [0.4, 0.5) is 17.1 Å². The molecule has 1 unspecified atom stereocenters. The highest BCUT2D eigenvalue weighted by Gasteiger charge is 2.21. The molecule has 0 spiro atoms. The minimum Gasteiger partial charge on any atom is -0.494 e. The summed E-state index contributed by atoms with van der Waals surface area (Å²) < 4.78 is 5.27. The zero-order valence-corrected chi connectivity index (χ0v) is 13.7. The molecule has 0 heterocycles. The summed E-state index contributed by atoms with van der Waals surface area (Å²) in [7, 11) is 1.55. The van der Waals surface area contributed by atoms with E-state index in [1.54, 1.807) is 25.3 Å². The van der Waals surface area contributed by atoms with Crippen molar-refractivity contribution in [3.8, 4) is 5.75 Å². The van der Waals surface area contributed by atoms with Gasteiger partial charge in [0.25, 0.3) is 0 Å². The average molecular weight is 313 g/mol. The third-order valence-corrected chi connectivity index (χ3v) is 3.76. The van der Waals surface area contributed by atoms with Crippen molar-refractivity contribution in [2.45, 2.75) is 19.9 Å². The van der Waals surface area contributed by atoms with Gasteiger partial charge in [-0.3, -0.25) is 4.79 Å². The van der Waals surface area contributed by atoms with Crippen LogP contribution in [0.5, 0.6) is 5.75 Å². The molecule has 0 aliphatic carbocycles. The van der Waals surface area contributed by atoms with Gasteiger partial charge in [0.15, 0.2) is 0 Å². The van der Waals surface area contributed by atoms with E-state index in [1.165, 1.54) is 0 Å². The van der Waals surface area contributed by atoms with E-state index in [1.807, 2.05) is 49.1 Å². The van der Waals surface area contributed by atoms with Gasteiger partial charge in [0, 0.05) is 24.0 Å². The highest BCUT2D eigenvalue weighted by molar-refractivity contribution is 5.98. The monoisotopic (exact) mass is 313 g/mol. The number of methoxy groups -OCH3 is 1. The van der Waals surface area contributed by atoms with Crippen LogP contribution in [0.25, 0.3) is 0 Å².